The van der Waals surface area contributed by atoms with Gasteiger partial charge < -0.3 is 15.3 Å². The van der Waals surface area contributed by atoms with Crippen molar-refractivity contribution in [2.45, 2.75) is 32.3 Å². The van der Waals surface area contributed by atoms with E-state index in [9.17, 15) is 15.3 Å². The van der Waals surface area contributed by atoms with Crippen LogP contribution in [0.1, 0.15) is 37.3 Å². The van der Waals surface area contributed by atoms with E-state index in [1.54, 1.807) is 18.2 Å². The molecular formula is C24H27ClO3. The minimum atomic E-state index is -0.706. The summed E-state index contributed by atoms with van der Waals surface area (Å²) in [6, 6.07) is 14.8. The molecule has 2 aromatic carbocycles. The summed E-state index contributed by atoms with van der Waals surface area (Å²) in [4.78, 5) is 0. The molecule has 0 fully saturated rings. The Hall–Kier alpha value is -2.33. The Kier molecular flexibility index (Phi) is 8.52. The Morgan fingerprint density at radius 2 is 1.89 bits per heavy atom. The molecule has 148 valence electrons. The van der Waals surface area contributed by atoms with Crippen LogP contribution in [0.3, 0.4) is 0 Å². The zero-order valence-electron chi connectivity index (χ0n) is 16.1. The SMILES string of the molecule is C=C(CC)/C(=C/CO)C(O)CC/C(=C/c1ccc(O)cc1Cl)c1ccccc1. The topological polar surface area (TPSA) is 60.7 Å². The van der Waals surface area contributed by atoms with Crippen molar-refractivity contribution >= 4 is 23.3 Å². The highest BCUT2D eigenvalue weighted by Gasteiger charge is 2.14. The summed E-state index contributed by atoms with van der Waals surface area (Å²) in [5, 5.41) is 30.0. The Morgan fingerprint density at radius 3 is 2.50 bits per heavy atom. The van der Waals surface area contributed by atoms with Gasteiger partial charge in [-0.3, -0.25) is 0 Å². The molecule has 0 saturated heterocycles. The monoisotopic (exact) mass is 398 g/mol. The van der Waals surface area contributed by atoms with Crippen LogP contribution in [0.25, 0.3) is 11.6 Å². The first kappa shape index (κ1) is 22.0. The highest BCUT2D eigenvalue weighted by Crippen LogP contribution is 2.30. The molecular weight excluding hydrogens is 372 g/mol. The molecule has 0 aliphatic carbocycles. The van der Waals surface area contributed by atoms with E-state index < -0.39 is 6.10 Å². The fourth-order valence-electron chi connectivity index (χ4n) is 3.04. The molecule has 0 radical (unpaired) electrons. The predicted molar refractivity (Wildman–Crippen MR) is 117 cm³/mol. The lowest BCUT2D eigenvalue weighted by Gasteiger charge is -2.18. The molecule has 0 aliphatic heterocycles. The average Bonchev–Trinajstić information content (AvgIpc) is 2.70. The first-order valence-electron chi connectivity index (χ1n) is 9.37. The van der Waals surface area contributed by atoms with E-state index in [-0.39, 0.29) is 12.4 Å². The first-order valence-corrected chi connectivity index (χ1v) is 9.75. The van der Waals surface area contributed by atoms with Gasteiger partial charge in [0.25, 0.3) is 0 Å². The van der Waals surface area contributed by atoms with E-state index in [0.29, 0.717) is 29.9 Å². The summed E-state index contributed by atoms with van der Waals surface area (Å²) in [7, 11) is 0. The Bertz CT molecular complexity index is 853. The van der Waals surface area contributed by atoms with Crippen LogP contribution in [0.2, 0.25) is 5.02 Å². The van der Waals surface area contributed by atoms with Gasteiger partial charge in [-0.15, -0.1) is 0 Å². The number of allylic oxidation sites excluding steroid dienone is 1. The van der Waals surface area contributed by atoms with E-state index in [2.05, 4.69) is 6.58 Å². The molecule has 0 bridgehead atoms. The fraction of sp³-hybridized carbons (Fsp3) is 0.250. The molecule has 0 aliphatic rings. The van der Waals surface area contributed by atoms with E-state index >= 15 is 0 Å². The predicted octanol–water partition coefficient (Wildman–Crippen LogP) is 5.61. The third-order valence-corrected chi connectivity index (χ3v) is 4.98. The summed E-state index contributed by atoms with van der Waals surface area (Å²) in [5.74, 6) is 0.121. The third kappa shape index (κ3) is 6.10. The zero-order valence-corrected chi connectivity index (χ0v) is 16.9. The Balaban J connectivity index is 2.30. The van der Waals surface area contributed by atoms with Crippen LogP contribution in [-0.4, -0.2) is 28.0 Å². The molecule has 4 heteroatoms. The maximum atomic E-state index is 10.7. The zero-order chi connectivity index (χ0) is 20.5. The maximum absolute atomic E-state index is 10.7. The van der Waals surface area contributed by atoms with Crippen LogP contribution < -0.4 is 0 Å². The van der Waals surface area contributed by atoms with E-state index in [1.165, 1.54) is 6.07 Å². The van der Waals surface area contributed by atoms with Gasteiger partial charge in [-0.2, -0.15) is 0 Å². The number of benzene rings is 2. The van der Waals surface area contributed by atoms with Crippen molar-refractivity contribution in [1.29, 1.82) is 0 Å². The van der Waals surface area contributed by atoms with Gasteiger partial charge in [-0.05, 0) is 71.4 Å². The van der Waals surface area contributed by atoms with Crippen LogP contribution in [0.15, 0.2) is 72.3 Å². The van der Waals surface area contributed by atoms with Crippen molar-refractivity contribution in [2.24, 2.45) is 0 Å². The van der Waals surface area contributed by atoms with Gasteiger partial charge in [0.15, 0.2) is 0 Å². The number of aliphatic hydroxyl groups is 2. The molecule has 3 N–H and O–H groups in total. The summed E-state index contributed by atoms with van der Waals surface area (Å²) >= 11 is 6.27. The van der Waals surface area contributed by atoms with E-state index in [1.807, 2.05) is 43.3 Å². The van der Waals surface area contributed by atoms with Gasteiger partial charge in [0.2, 0.25) is 0 Å². The minimum absolute atomic E-state index is 0.121. The number of hydrogen-bond donors (Lipinski definition) is 3. The molecule has 2 rings (SSSR count). The maximum Gasteiger partial charge on any atom is 0.117 e. The second-order valence-corrected chi connectivity index (χ2v) is 7.00. The summed E-state index contributed by atoms with van der Waals surface area (Å²) in [6.45, 7) is 5.84. The second kappa shape index (κ2) is 10.9. The normalized spacial score (nSPS) is 13.4. The van der Waals surface area contributed by atoms with Gasteiger partial charge in [0.1, 0.15) is 5.75 Å². The number of aliphatic hydroxyl groups excluding tert-OH is 2. The van der Waals surface area contributed by atoms with Crippen LogP contribution in [0, 0.1) is 0 Å². The van der Waals surface area contributed by atoms with Crippen LogP contribution in [0.4, 0.5) is 0 Å². The van der Waals surface area contributed by atoms with Crippen molar-refractivity contribution < 1.29 is 15.3 Å². The van der Waals surface area contributed by atoms with Crippen molar-refractivity contribution in [3.63, 3.8) is 0 Å². The lowest BCUT2D eigenvalue weighted by molar-refractivity contribution is 0.202. The molecule has 0 spiro atoms. The number of rotatable bonds is 9. The lowest BCUT2D eigenvalue weighted by atomic mass is 9.92. The van der Waals surface area contributed by atoms with E-state index in [0.717, 1.165) is 22.3 Å². The van der Waals surface area contributed by atoms with Gasteiger partial charge in [-0.25, -0.2) is 0 Å². The minimum Gasteiger partial charge on any atom is -0.508 e. The first-order chi connectivity index (χ1) is 13.5. The molecule has 3 nitrogen and oxygen atoms in total. The number of phenols is 1. The van der Waals surface area contributed by atoms with Crippen LogP contribution >= 0.6 is 11.6 Å². The van der Waals surface area contributed by atoms with Crippen molar-refractivity contribution in [1.82, 2.24) is 0 Å². The quantitative estimate of drug-likeness (QED) is 0.380. The average molecular weight is 399 g/mol. The molecule has 0 heterocycles. The molecule has 0 saturated carbocycles. The van der Waals surface area contributed by atoms with Crippen molar-refractivity contribution in [3.8, 4) is 5.75 Å². The molecule has 0 aromatic heterocycles. The Morgan fingerprint density at radius 1 is 1.18 bits per heavy atom. The third-order valence-electron chi connectivity index (χ3n) is 4.65. The van der Waals surface area contributed by atoms with Crippen molar-refractivity contribution in [2.75, 3.05) is 6.61 Å². The highest BCUT2D eigenvalue weighted by atomic mass is 35.5. The number of halogens is 1. The smallest absolute Gasteiger partial charge is 0.117 e. The summed E-state index contributed by atoms with van der Waals surface area (Å²) < 4.78 is 0. The van der Waals surface area contributed by atoms with Crippen LogP contribution in [0.5, 0.6) is 5.75 Å². The highest BCUT2D eigenvalue weighted by molar-refractivity contribution is 6.32. The molecule has 1 unspecified atom stereocenters. The van der Waals surface area contributed by atoms with Gasteiger partial charge in [0, 0.05) is 0 Å². The van der Waals surface area contributed by atoms with E-state index in [4.69, 9.17) is 11.6 Å². The second-order valence-electron chi connectivity index (χ2n) is 6.60. The number of aromatic hydroxyl groups is 1. The number of hydrogen-bond acceptors (Lipinski definition) is 3. The summed E-state index contributed by atoms with van der Waals surface area (Å²) in [5.41, 5.74) is 4.39. The molecule has 2 aromatic rings. The molecule has 28 heavy (non-hydrogen) atoms. The fourth-order valence-corrected chi connectivity index (χ4v) is 3.27. The molecule has 1 atom stereocenters. The van der Waals surface area contributed by atoms with Gasteiger partial charge in [0.05, 0.1) is 17.7 Å². The lowest BCUT2D eigenvalue weighted by Crippen LogP contribution is -2.13. The Labute approximate surface area is 171 Å². The summed E-state index contributed by atoms with van der Waals surface area (Å²) in [6.07, 6.45) is 4.71. The molecule has 0 amide bonds. The standard InChI is InChI=1S/C24H27ClO3/c1-3-17(2)22(13-14-26)24(28)12-10-19(18-7-5-4-6-8-18)15-20-9-11-21(27)16-23(20)25/h4-9,11,13,15-16,24,26-28H,2-3,10,12,14H2,1H3/b19-15-,22-13-. The largest absolute Gasteiger partial charge is 0.508 e. The van der Waals surface area contributed by atoms with Gasteiger partial charge >= 0.3 is 0 Å². The van der Waals surface area contributed by atoms with Crippen LogP contribution in [-0.2, 0) is 0 Å². The van der Waals surface area contributed by atoms with Gasteiger partial charge in [-0.1, -0.05) is 61.5 Å². The number of phenolic OH excluding ortho intramolecular Hbond substituents is 1. The van der Waals surface area contributed by atoms with Crippen molar-refractivity contribution in [3.05, 3.63) is 88.5 Å².